The summed E-state index contributed by atoms with van der Waals surface area (Å²) >= 11 is 0. The van der Waals surface area contributed by atoms with Crippen LogP contribution in [0.2, 0.25) is 0 Å². The van der Waals surface area contributed by atoms with Crippen LogP contribution in [0.4, 0.5) is 10.1 Å². The van der Waals surface area contributed by atoms with E-state index in [1.54, 1.807) is 25.2 Å². The topological polar surface area (TPSA) is 107 Å². The molecule has 1 heterocycles. The summed E-state index contributed by atoms with van der Waals surface area (Å²) in [7, 11) is -2.04. The number of aliphatic hydroxyl groups is 1. The molecule has 194 valence electrons. The van der Waals surface area contributed by atoms with Crippen molar-refractivity contribution in [3.05, 3.63) is 78.1 Å². The average molecular weight is 524 g/mol. The normalized spacial score (nSPS) is 12.5. The highest BCUT2D eigenvalue weighted by molar-refractivity contribution is 7.92. The number of benzene rings is 3. The van der Waals surface area contributed by atoms with Crippen molar-refractivity contribution >= 4 is 32.9 Å². The Hall–Kier alpha value is -3.53. The van der Waals surface area contributed by atoms with E-state index in [1.807, 2.05) is 36.4 Å². The molecule has 3 aromatic carbocycles. The lowest BCUT2D eigenvalue weighted by Gasteiger charge is -2.25. The van der Waals surface area contributed by atoms with Crippen molar-refractivity contribution in [1.82, 2.24) is 5.32 Å². The summed E-state index contributed by atoms with van der Waals surface area (Å²) in [6, 6.07) is 18.7. The molecule has 0 spiro atoms. The van der Waals surface area contributed by atoms with Gasteiger partial charge in [0, 0.05) is 34.7 Å². The summed E-state index contributed by atoms with van der Waals surface area (Å²) in [5.74, 6) is -0.0269. The van der Waals surface area contributed by atoms with E-state index in [0.29, 0.717) is 58.4 Å². The zero-order valence-corrected chi connectivity index (χ0v) is 21.6. The van der Waals surface area contributed by atoms with Crippen LogP contribution in [0.1, 0.15) is 31.1 Å². The summed E-state index contributed by atoms with van der Waals surface area (Å²) in [5.41, 5.74) is 3.39. The average Bonchev–Trinajstić information content (AvgIpc) is 3.26. The molecule has 0 bridgehead atoms. The zero-order chi connectivity index (χ0) is 26.6. The fourth-order valence-corrected chi connectivity index (χ4v) is 5.37. The molecule has 0 amide bonds. The SMILES string of the molecule is CNC(O)c1c(-c2ccc(F)cc2)oc2cc(N(CCCCC=N)S(C)(=O)=O)c(-c3ccccc3)cc12. The Bertz CT molecular complexity index is 1490. The van der Waals surface area contributed by atoms with E-state index in [2.05, 4.69) is 5.32 Å². The van der Waals surface area contributed by atoms with Gasteiger partial charge in [-0.05, 0) is 68.4 Å². The third kappa shape index (κ3) is 5.74. The maximum absolute atomic E-state index is 13.6. The molecule has 0 saturated heterocycles. The number of sulfonamides is 1. The molecule has 0 aliphatic rings. The first-order valence-corrected chi connectivity index (χ1v) is 13.8. The van der Waals surface area contributed by atoms with Crippen molar-refractivity contribution in [2.75, 3.05) is 24.2 Å². The number of nitrogens with one attached hydrogen (secondary N) is 2. The highest BCUT2D eigenvalue weighted by Crippen LogP contribution is 2.43. The molecule has 9 heteroatoms. The molecule has 0 radical (unpaired) electrons. The maximum Gasteiger partial charge on any atom is 0.232 e. The van der Waals surface area contributed by atoms with Crippen LogP contribution in [-0.4, -0.2) is 39.6 Å². The van der Waals surface area contributed by atoms with Gasteiger partial charge in [0.2, 0.25) is 10.0 Å². The van der Waals surface area contributed by atoms with E-state index in [-0.39, 0.29) is 6.54 Å². The number of hydrogen-bond donors (Lipinski definition) is 3. The number of furan rings is 1. The highest BCUT2D eigenvalue weighted by Gasteiger charge is 2.27. The van der Waals surface area contributed by atoms with Gasteiger partial charge in [-0.3, -0.25) is 9.62 Å². The smallest absolute Gasteiger partial charge is 0.232 e. The van der Waals surface area contributed by atoms with E-state index in [0.717, 1.165) is 5.56 Å². The van der Waals surface area contributed by atoms with Gasteiger partial charge in [0.05, 0.1) is 11.9 Å². The molecule has 4 rings (SSSR count). The van der Waals surface area contributed by atoms with Gasteiger partial charge in [0.25, 0.3) is 0 Å². The number of anilines is 1. The van der Waals surface area contributed by atoms with Crippen LogP contribution in [0, 0.1) is 11.2 Å². The van der Waals surface area contributed by atoms with Crippen LogP contribution in [0.15, 0.2) is 71.1 Å². The monoisotopic (exact) mass is 523 g/mol. The van der Waals surface area contributed by atoms with Crippen LogP contribution in [0.5, 0.6) is 0 Å². The highest BCUT2D eigenvalue weighted by atomic mass is 32.2. The van der Waals surface area contributed by atoms with E-state index < -0.39 is 22.1 Å². The Balaban J connectivity index is 1.99. The Kier molecular flexibility index (Phi) is 8.06. The molecule has 0 fully saturated rings. The predicted octanol–water partition coefficient (Wildman–Crippen LogP) is 5.70. The second kappa shape index (κ2) is 11.2. The lowest BCUT2D eigenvalue weighted by molar-refractivity contribution is 0.150. The molecule has 1 atom stereocenters. The Morgan fingerprint density at radius 3 is 2.41 bits per heavy atom. The zero-order valence-electron chi connectivity index (χ0n) is 20.7. The maximum atomic E-state index is 13.6. The van der Waals surface area contributed by atoms with E-state index in [4.69, 9.17) is 9.83 Å². The van der Waals surface area contributed by atoms with Crippen LogP contribution >= 0.6 is 0 Å². The molecule has 7 nitrogen and oxygen atoms in total. The van der Waals surface area contributed by atoms with Crippen LogP contribution in [0.25, 0.3) is 33.4 Å². The van der Waals surface area contributed by atoms with Gasteiger partial charge in [-0.1, -0.05) is 30.3 Å². The molecule has 1 unspecified atom stereocenters. The minimum Gasteiger partial charge on any atom is -0.456 e. The van der Waals surface area contributed by atoms with Crippen LogP contribution in [-0.2, 0) is 10.0 Å². The lowest BCUT2D eigenvalue weighted by atomic mass is 9.98. The van der Waals surface area contributed by atoms with Crippen molar-refractivity contribution < 1.29 is 22.3 Å². The fourth-order valence-electron chi connectivity index (χ4n) is 4.40. The third-order valence-corrected chi connectivity index (χ3v) is 7.39. The van der Waals surface area contributed by atoms with Gasteiger partial charge in [0.1, 0.15) is 23.4 Å². The predicted molar refractivity (Wildman–Crippen MR) is 146 cm³/mol. The Morgan fingerprint density at radius 2 is 1.78 bits per heavy atom. The quantitative estimate of drug-likeness (QED) is 0.133. The Morgan fingerprint density at radius 1 is 1.08 bits per heavy atom. The number of unbranched alkanes of at least 4 members (excludes halogenated alkanes) is 2. The number of fused-ring (bicyclic) bond motifs is 1. The lowest BCUT2D eigenvalue weighted by Crippen LogP contribution is -2.31. The second-order valence-electron chi connectivity index (χ2n) is 8.81. The molecule has 1 aromatic heterocycles. The van der Waals surface area contributed by atoms with Gasteiger partial charge >= 0.3 is 0 Å². The molecule has 0 aliphatic carbocycles. The molecule has 0 aliphatic heterocycles. The first-order chi connectivity index (χ1) is 17.7. The number of nitrogens with zero attached hydrogens (tertiary/aromatic N) is 1. The molecular formula is C28H30FN3O4S. The van der Waals surface area contributed by atoms with Gasteiger partial charge in [-0.25, -0.2) is 12.8 Å². The van der Waals surface area contributed by atoms with Crippen LogP contribution in [0.3, 0.4) is 0 Å². The summed E-state index contributed by atoms with van der Waals surface area (Å²) in [4.78, 5) is 0. The number of aliphatic hydroxyl groups excluding tert-OH is 1. The Labute approximate surface area is 216 Å². The summed E-state index contributed by atoms with van der Waals surface area (Å²) in [6.07, 6.45) is 3.25. The number of halogens is 1. The molecule has 3 N–H and O–H groups in total. The van der Waals surface area contributed by atoms with Gasteiger partial charge in [-0.2, -0.15) is 0 Å². The second-order valence-corrected chi connectivity index (χ2v) is 10.7. The molecule has 0 saturated carbocycles. The fraction of sp³-hybridized carbons (Fsp3) is 0.250. The van der Waals surface area contributed by atoms with Crippen molar-refractivity contribution in [2.24, 2.45) is 0 Å². The minimum atomic E-state index is -3.65. The summed E-state index contributed by atoms with van der Waals surface area (Å²) < 4.78 is 47.1. The molecular weight excluding hydrogens is 493 g/mol. The van der Waals surface area contributed by atoms with E-state index in [9.17, 15) is 17.9 Å². The third-order valence-electron chi connectivity index (χ3n) is 6.21. The molecule has 37 heavy (non-hydrogen) atoms. The standard InChI is InChI=1S/C28H30FN3O4S/c1-31-28(33)26-23-17-22(19-9-5-3-6-10-19)24(32(37(2,34)35)16-8-4-7-15-30)18-25(23)36-27(26)20-11-13-21(29)14-12-20/h3,5-6,9-15,17-18,28,30-31,33H,4,7-8,16H2,1-2H3. The van der Waals surface area contributed by atoms with Gasteiger partial charge in [-0.15, -0.1) is 0 Å². The van der Waals surface area contributed by atoms with E-state index in [1.165, 1.54) is 28.9 Å². The van der Waals surface area contributed by atoms with E-state index >= 15 is 0 Å². The van der Waals surface area contributed by atoms with Gasteiger partial charge in [0.15, 0.2) is 0 Å². The summed E-state index contributed by atoms with van der Waals surface area (Å²) in [5, 5.41) is 21.6. The van der Waals surface area contributed by atoms with Crippen molar-refractivity contribution in [2.45, 2.75) is 25.5 Å². The van der Waals surface area contributed by atoms with Crippen LogP contribution < -0.4 is 9.62 Å². The first-order valence-electron chi connectivity index (χ1n) is 12.0. The van der Waals surface area contributed by atoms with Gasteiger partial charge < -0.3 is 14.9 Å². The van der Waals surface area contributed by atoms with Crippen molar-refractivity contribution in [1.29, 1.82) is 5.41 Å². The minimum absolute atomic E-state index is 0.246. The first kappa shape index (κ1) is 26.5. The number of hydrogen-bond acceptors (Lipinski definition) is 6. The van der Waals surface area contributed by atoms with Crippen molar-refractivity contribution in [3.63, 3.8) is 0 Å². The van der Waals surface area contributed by atoms with Crippen molar-refractivity contribution in [3.8, 4) is 22.5 Å². The number of rotatable bonds is 11. The largest absolute Gasteiger partial charge is 0.456 e. The molecule has 4 aromatic rings. The summed E-state index contributed by atoms with van der Waals surface area (Å²) in [6.45, 7) is 0.246.